The molecule has 1 atom stereocenters. The van der Waals surface area contributed by atoms with E-state index in [4.69, 9.17) is 0 Å². The van der Waals surface area contributed by atoms with E-state index < -0.39 is 5.60 Å². The average molecular weight is 282 g/mol. The fourth-order valence-electron chi connectivity index (χ4n) is 2.92. The Hall–Kier alpha value is -1.10. The summed E-state index contributed by atoms with van der Waals surface area (Å²) in [6, 6.07) is 0. The quantitative estimate of drug-likeness (QED) is 0.822. The van der Waals surface area contributed by atoms with Crippen molar-refractivity contribution in [1.29, 1.82) is 0 Å². The number of nitrogens with zero attached hydrogens (tertiary/aromatic N) is 2. The SMILES string of the molecule is CC1(C)CN(C(=O)CN2CCCCC2=O)CC[C@@]1(C)O. The van der Waals surface area contributed by atoms with Crippen LogP contribution in [0.1, 0.15) is 46.5 Å². The number of hydrogen-bond donors (Lipinski definition) is 1. The minimum absolute atomic E-state index is 0.00354. The average Bonchev–Trinajstić information content (AvgIpc) is 2.35. The molecule has 0 saturated carbocycles. The maximum atomic E-state index is 12.4. The van der Waals surface area contributed by atoms with Crippen LogP contribution in [0.15, 0.2) is 0 Å². The molecule has 114 valence electrons. The maximum Gasteiger partial charge on any atom is 0.242 e. The van der Waals surface area contributed by atoms with Crippen molar-refractivity contribution in [2.75, 3.05) is 26.2 Å². The Morgan fingerprint density at radius 1 is 1.25 bits per heavy atom. The van der Waals surface area contributed by atoms with E-state index in [1.165, 1.54) is 0 Å². The highest BCUT2D eigenvalue weighted by Crippen LogP contribution is 2.38. The van der Waals surface area contributed by atoms with Gasteiger partial charge in [0.1, 0.15) is 0 Å². The van der Waals surface area contributed by atoms with Gasteiger partial charge in [0.25, 0.3) is 0 Å². The zero-order valence-electron chi connectivity index (χ0n) is 12.8. The summed E-state index contributed by atoms with van der Waals surface area (Å²) in [6.45, 7) is 7.80. The van der Waals surface area contributed by atoms with Gasteiger partial charge in [-0.3, -0.25) is 9.59 Å². The Morgan fingerprint density at radius 3 is 2.55 bits per heavy atom. The van der Waals surface area contributed by atoms with Crippen LogP contribution in [0, 0.1) is 5.41 Å². The summed E-state index contributed by atoms with van der Waals surface area (Å²) < 4.78 is 0. The summed E-state index contributed by atoms with van der Waals surface area (Å²) in [5.41, 5.74) is -1.07. The van der Waals surface area contributed by atoms with Gasteiger partial charge in [0.15, 0.2) is 0 Å². The van der Waals surface area contributed by atoms with Gasteiger partial charge in [-0.1, -0.05) is 13.8 Å². The highest BCUT2D eigenvalue weighted by atomic mass is 16.3. The van der Waals surface area contributed by atoms with Crippen LogP contribution in [-0.4, -0.2) is 58.5 Å². The van der Waals surface area contributed by atoms with Gasteiger partial charge in [-0.2, -0.15) is 0 Å². The number of carbonyl (C=O) groups excluding carboxylic acids is 2. The first-order valence-corrected chi connectivity index (χ1v) is 7.51. The number of hydrogen-bond acceptors (Lipinski definition) is 3. The van der Waals surface area contributed by atoms with Crippen molar-refractivity contribution in [1.82, 2.24) is 9.80 Å². The second-order valence-corrected chi connectivity index (χ2v) is 7.00. The van der Waals surface area contributed by atoms with Gasteiger partial charge in [0.05, 0.1) is 12.1 Å². The molecule has 0 aromatic heterocycles. The second-order valence-electron chi connectivity index (χ2n) is 7.00. The lowest BCUT2D eigenvalue weighted by Gasteiger charge is -2.48. The molecular formula is C15H26N2O3. The molecule has 0 aromatic carbocycles. The monoisotopic (exact) mass is 282 g/mol. The lowest BCUT2D eigenvalue weighted by molar-refractivity contribution is -0.152. The molecule has 2 amide bonds. The van der Waals surface area contributed by atoms with Crippen molar-refractivity contribution in [3.63, 3.8) is 0 Å². The van der Waals surface area contributed by atoms with Gasteiger partial charge in [0.2, 0.25) is 11.8 Å². The highest BCUT2D eigenvalue weighted by molar-refractivity contribution is 5.85. The normalized spacial score (nSPS) is 30.5. The van der Waals surface area contributed by atoms with Gasteiger partial charge in [-0.05, 0) is 26.2 Å². The molecule has 0 aliphatic carbocycles. The Labute approximate surface area is 120 Å². The Bertz CT molecular complexity index is 404. The second kappa shape index (κ2) is 5.35. The van der Waals surface area contributed by atoms with E-state index in [1.807, 2.05) is 20.8 Å². The minimum atomic E-state index is -0.745. The highest BCUT2D eigenvalue weighted by Gasteiger charge is 2.45. The Balaban J connectivity index is 1.95. The van der Waals surface area contributed by atoms with Gasteiger partial charge < -0.3 is 14.9 Å². The molecule has 0 radical (unpaired) electrons. The van der Waals surface area contributed by atoms with Crippen molar-refractivity contribution < 1.29 is 14.7 Å². The summed E-state index contributed by atoms with van der Waals surface area (Å²) in [5, 5.41) is 10.4. The fourth-order valence-corrected chi connectivity index (χ4v) is 2.92. The zero-order valence-corrected chi connectivity index (χ0v) is 12.8. The van der Waals surface area contributed by atoms with Crippen molar-refractivity contribution in [3.8, 4) is 0 Å². The molecule has 2 heterocycles. The number of likely N-dealkylation sites (tertiary alicyclic amines) is 2. The van der Waals surface area contributed by atoms with E-state index in [-0.39, 0.29) is 23.8 Å². The van der Waals surface area contributed by atoms with Gasteiger partial charge >= 0.3 is 0 Å². The van der Waals surface area contributed by atoms with E-state index in [1.54, 1.807) is 9.80 Å². The van der Waals surface area contributed by atoms with E-state index in [0.717, 1.165) is 12.8 Å². The molecule has 5 heteroatoms. The molecule has 2 rings (SSSR count). The third-order valence-corrected chi connectivity index (χ3v) is 5.01. The summed E-state index contributed by atoms with van der Waals surface area (Å²) >= 11 is 0. The number of aliphatic hydroxyl groups is 1. The molecule has 2 aliphatic rings. The number of piperidine rings is 2. The van der Waals surface area contributed by atoms with Crippen LogP contribution < -0.4 is 0 Å². The molecular weight excluding hydrogens is 256 g/mol. The van der Waals surface area contributed by atoms with Crippen molar-refractivity contribution in [2.24, 2.45) is 5.41 Å². The predicted octanol–water partition coefficient (Wildman–Crippen LogP) is 1.01. The fraction of sp³-hybridized carbons (Fsp3) is 0.867. The molecule has 20 heavy (non-hydrogen) atoms. The van der Waals surface area contributed by atoms with Crippen LogP contribution in [-0.2, 0) is 9.59 Å². The molecule has 2 saturated heterocycles. The van der Waals surface area contributed by atoms with Crippen LogP contribution in [0.2, 0.25) is 0 Å². The number of carbonyl (C=O) groups is 2. The van der Waals surface area contributed by atoms with Crippen LogP contribution in [0.5, 0.6) is 0 Å². The molecule has 1 N–H and O–H groups in total. The Kier molecular flexibility index (Phi) is 4.09. The van der Waals surface area contributed by atoms with Gasteiger partial charge in [-0.25, -0.2) is 0 Å². The number of rotatable bonds is 2. The summed E-state index contributed by atoms with van der Waals surface area (Å²) in [6.07, 6.45) is 3.07. The van der Waals surface area contributed by atoms with Gasteiger partial charge in [0, 0.05) is 31.5 Å². The van der Waals surface area contributed by atoms with Crippen molar-refractivity contribution in [2.45, 2.75) is 52.1 Å². The lowest BCUT2D eigenvalue weighted by atomic mass is 9.71. The molecule has 2 aliphatic heterocycles. The van der Waals surface area contributed by atoms with E-state index >= 15 is 0 Å². The van der Waals surface area contributed by atoms with Crippen molar-refractivity contribution in [3.05, 3.63) is 0 Å². The molecule has 0 unspecified atom stereocenters. The van der Waals surface area contributed by atoms with Crippen molar-refractivity contribution >= 4 is 11.8 Å². The van der Waals surface area contributed by atoms with E-state index in [9.17, 15) is 14.7 Å². The van der Waals surface area contributed by atoms with E-state index in [2.05, 4.69) is 0 Å². The maximum absolute atomic E-state index is 12.4. The molecule has 0 spiro atoms. The number of amides is 2. The lowest BCUT2D eigenvalue weighted by Crippen LogP contribution is -2.58. The van der Waals surface area contributed by atoms with Crippen LogP contribution in [0.25, 0.3) is 0 Å². The summed E-state index contributed by atoms with van der Waals surface area (Å²) in [5.74, 6) is 0.0942. The molecule has 2 fully saturated rings. The standard InChI is InChI=1S/C15H26N2O3/c1-14(2)11-17(9-7-15(14,3)20)13(19)10-16-8-5-4-6-12(16)18/h20H,4-11H2,1-3H3/t15-/m1/s1. The predicted molar refractivity (Wildman–Crippen MR) is 76.0 cm³/mol. The van der Waals surface area contributed by atoms with Crippen LogP contribution in [0.4, 0.5) is 0 Å². The molecule has 0 aromatic rings. The summed E-state index contributed by atoms with van der Waals surface area (Å²) in [4.78, 5) is 27.6. The smallest absolute Gasteiger partial charge is 0.242 e. The molecule has 5 nitrogen and oxygen atoms in total. The summed E-state index contributed by atoms with van der Waals surface area (Å²) in [7, 11) is 0. The topological polar surface area (TPSA) is 60.9 Å². The first-order chi connectivity index (χ1) is 9.23. The first-order valence-electron chi connectivity index (χ1n) is 7.51. The third kappa shape index (κ3) is 2.97. The molecule has 0 bridgehead atoms. The zero-order chi connectivity index (χ0) is 15.0. The largest absolute Gasteiger partial charge is 0.389 e. The first kappa shape index (κ1) is 15.3. The minimum Gasteiger partial charge on any atom is -0.389 e. The van der Waals surface area contributed by atoms with Gasteiger partial charge in [-0.15, -0.1) is 0 Å². The van der Waals surface area contributed by atoms with Crippen LogP contribution in [0.3, 0.4) is 0 Å². The van der Waals surface area contributed by atoms with E-state index in [0.29, 0.717) is 32.5 Å². The third-order valence-electron chi connectivity index (χ3n) is 5.01. The Morgan fingerprint density at radius 2 is 1.95 bits per heavy atom. The van der Waals surface area contributed by atoms with Crippen LogP contribution >= 0.6 is 0 Å².